The summed E-state index contributed by atoms with van der Waals surface area (Å²) in [6.07, 6.45) is 1.53. The molecule has 2 N–H and O–H groups in total. The van der Waals surface area contributed by atoms with Crippen molar-refractivity contribution in [2.24, 2.45) is 0 Å². The van der Waals surface area contributed by atoms with Gasteiger partial charge < -0.3 is 5.73 Å². The summed E-state index contributed by atoms with van der Waals surface area (Å²) in [7, 11) is -0.145. The van der Waals surface area contributed by atoms with Gasteiger partial charge in [0.2, 0.25) is 10.0 Å². The van der Waals surface area contributed by atoms with E-state index in [-0.39, 0.29) is 5.75 Å². The van der Waals surface area contributed by atoms with Crippen molar-refractivity contribution in [3.8, 4) is 0 Å². The predicted molar refractivity (Wildman–Crippen MR) is 58.9 cm³/mol. The highest BCUT2D eigenvalue weighted by Crippen LogP contribution is 2.08. The van der Waals surface area contributed by atoms with Gasteiger partial charge in [0.15, 0.2) is 0 Å². The van der Waals surface area contributed by atoms with Crippen molar-refractivity contribution in [3.63, 3.8) is 0 Å². The van der Waals surface area contributed by atoms with Gasteiger partial charge in [-0.1, -0.05) is 0 Å². The standard InChI is InChI=1S/C8H16N4O2S/c1-7-8(9)6-10-12(7)4-5-15(13,14)11(2)3/h6H,4-5,9H2,1-3H3. The molecule has 1 rings (SSSR count). The predicted octanol–water partition coefficient (Wildman–Crippen LogP) is -0.335. The van der Waals surface area contributed by atoms with Gasteiger partial charge in [-0.3, -0.25) is 4.68 Å². The SMILES string of the molecule is Cc1c(N)cnn1CCS(=O)(=O)N(C)C. The lowest BCUT2D eigenvalue weighted by Gasteiger charge is -2.11. The van der Waals surface area contributed by atoms with Crippen molar-refractivity contribution in [2.75, 3.05) is 25.6 Å². The monoisotopic (exact) mass is 232 g/mol. The summed E-state index contributed by atoms with van der Waals surface area (Å²) >= 11 is 0. The van der Waals surface area contributed by atoms with E-state index in [0.717, 1.165) is 5.69 Å². The van der Waals surface area contributed by atoms with Gasteiger partial charge in [0.1, 0.15) is 0 Å². The summed E-state index contributed by atoms with van der Waals surface area (Å²) in [5.74, 6) is 0.0297. The molecule has 0 atom stereocenters. The Hall–Kier alpha value is -1.08. The molecule has 0 fully saturated rings. The molecule has 0 bridgehead atoms. The fourth-order valence-electron chi connectivity index (χ4n) is 1.07. The Morgan fingerprint density at radius 1 is 1.53 bits per heavy atom. The molecule has 1 aromatic rings. The van der Waals surface area contributed by atoms with Crippen molar-refractivity contribution >= 4 is 15.7 Å². The Labute approximate surface area is 89.7 Å². The van der Waals surface area contributed by atoms with Gasteiger partial charge in [-0.2, -0.15) is 5.10 Å². The third-order valence-corrected chi connectivity index (χ3v) is 4.07. The molecule has 0 aromatic carbocycles. The highest BCUT2D eigenvalue weighted by Gasteiger charge is 2.14. The first-order chi connectivity index (χ1) is 6.84. The minimum Gasteiger partial charge on any atom is -0.396 e. The summed E-state index contributed by atoms with van der Waals surface area (Å²) in [6.45, 7) is 2.13. The molecule has 0 saturated carbocycles. The van der Waals surface area contributed by atoms with Gasteiger partial charge in [-0.15, -0.1) is 0 Å². The first-order valence-corrected chi connectivity index (χ1v) is 6.13. The number of nitrogen functional groups attached to an aromatic ring is 1. The van der Waals surface area contributed by atoms with E-state index in [2.05, 4.69) is 5.10 Å². The third-order valence-electron chi connectivity index (χ3n) is 2.26. The Bertz CT molecular complexity index is 435. The molecule has 1 aromatic heterocycles. The summed E-state index contributed by atoms with van der Waals surface area (Å²) in [4.78, 5) is 0. The van der Waals surface area contributed by atoms with Gasteiger partial charge in [-0.25, -0.2) is 12.7 Å². The van der Waals surface area contributed by atoms with Crippen LogP contribution in [0, 0.1) is 6.92 Å². The first kappa shape index (κ1) is 12.0. The molecular formula is C8H16N4O2S. The number of nitrogens with two attached hydrogens (primary N) is 1. The molecule has 0 saturated heterocycles. The fourth-order valence-corrected chi connectivity index (χ4v) is 1.84. The second-order valence-electron chi connectivity index (χ2n) is 3.51. The summed E-state index contributed by atoms with van der Waals surface area (Å²) in [5.41, 5.74) is 6.97. The zero-order valence-electron chi connectivity index (χ0n) is 9.14. The second kappa shape index (κ2) is 4.19. The van der Waals surface area contributed by atoms with Crippen LogP contribution in [0.1, 0.15) is 5.69 Å². The van der Waals surface area contributed by atoms with Crippen LogP contribution in [0.15, 0.2) is 6.20 Å². The number of hydrogen-bond donors (Lipinski definition) is 1. The van der Waals surface area contributed by atoms with Crippen molar-refractivity contribution in [3.05, 3.63) is 11.9 Å². The minimum absolute atomic E-state index is 0.0297. The van der Waals surface area contributed by atoms with Crippen molar-refractivity contribution in [1.82, 2.24) is 14.1 Å². The van der Waals surface area contributed by atoms with E-state index < -0.39 is 10.0 Å². The van der Waals surface area contributed by atoms with E-state index in [9.17, 15) is 8.42 Å². The maximum atomic E-state index is 11.5. The molecule has 0 amide bonds. The molecule has 1 heterocycles. The van der Waals surface area contributed by atoms with Gasteiger partial charge in [0, 0.05) is 14.1 Å². The van der Waals surface area contributed by atoms with Crippen LogP contribution in [0.5, 0.6) is 0 Å². The van der Waals surface area contributed by atoms with E-state index in [1.165, 1.54) is 24.6 Å². The van der Waals surface area contributed by atoms with E-state index in [1.54, 1.807) is 4.68 Å². The van der Waals surface area contributed by atoms with Gasteiger partial charge >= 0.3 is 0 Å². The Balaban J connectivity index is 2.70. The Morgan fingerprint density at radius 2 is 2.13 bits per heavy atom. The minimum atomic E-state index is -3.17. The van der Waals surface area contributed by atoms with Crippen LogP contribution < -0.4 is 5.73 Å². The molecule has 0 spiro atoms. The van der Waals surface area contributed by atoms with E-state index in [0.29, 0.717) is 12.2 Å². The maximum Gasteiger partial charge on any atom is 0.215 e. The van der Waals surface area contributed by atoms with E-state index >= 15 is 0 Å². The number of rotatable bonds is 4. The normalized spacial score (nSPS) is 12.3. The molecule has 0 unspecified atom stereocenters. The number of aryl methyl sites for hydroxylation is 1. The average molecular weight is 232 g/mol. The smallest absolute Gasteiger partial charge is 0.215 e. The Morgan fingerprint density at radius 3 is 2.53 bits per heavy atom. The highest BCUT2D eigenvalue weighted by atomic mass is 32.2. The molecule has 86 valence electrons. The van der Waals surface area contributed by atoms with Crippen LogP contribution in [-0.4, -0.2) is 42.4 Å². The van der Waals surface area contributed by atoms with Crippen molar-refractivity contribution < 1.29 is 8.42 Å². The van der Waals surface area contributed by atoms with Gasteiger partial charge in [-0.05, 0) is 6.92 Å². The zero-order chi connectivity index (χ0) is 11.6. The lowest BCUT2D eigenvalue weighted by atomic mass is 10.4. The summed E-state index contributed by atoms with van der Waals surface area (Å²) < 4.78 is 25.7. The van der Waals surface area contributed by atoms with Crippen LogP contribution in [0.25, 0.3) is 0 Å². The molecular weight excluding hydrogens is 216 g/mol. The zero-order valence-corrected chi connectivity index (χ0v) is 9.95. The van der Waals surface area contributed by atoms with Crippen LogP contribution in [0.4, 0.5) is 5.69 Å². The van der Waals surface area contributed by atoms with Crippen molar-refractivity contribution in [2.45, 2.75) is 13.5 Å². The van der Waals surface area contributed by atoms with Crippen LogP contribution >= 0.6 is 0 Å². The van der Waals surface area contributed by atoms with Crippen LogP contribution in [0.2, 0.25) is 0 Å². The van der Waals surface area contributed by atoms with Gasteiger partial charge in [0.25, 0.3) is 0 Å². The highest BCUT2D eigenvalue weighted by molar-refractivity contribution is 7.89. The number of hydrogen-bond acceptors (Lipinski definition) is 4. The van der Waals surface area contributed by atoms with E-state index in [1.807, 2.05) is 6.92 Å². The van der Waals surface area contributed by atoms with Crippen LogP contribution in [0.3, 0.4) is 0 Å². The summed E-state index contributed by atoms with van der Waals surface area (Å²) in [6, 6.07) is 0. The average Bonchev–Trinajstić information content (AvgIpc) is 2.45. The van der Waals surface area contributed by atoms with E-state index in [4.69, 9.17) is 5.73 Å². The second-order valence-corrected chi connectivity index (χ2v) is 5.81. The molecule has 0 aliphatic heterocycles. The number of sulfonamides is 1. The first-order valence-electron chi connectivity index (χ1n) is 4.52. The number of nitrogens with zero attached hydrogens (tertiary/aromatic N) is 3. The number of anilines is 1. The quantitative estimate of drug-likeness (QED) is 0.770. The maximum absolute atomic E-state index is 11.5. The molecule has 7 heteroatoms. The molecule has 15 heavy (non-hydrogen) atoms. The third kappa shape index (κ3) is 2.69. The topological polar surface area (TPSA) is 81.2 Å². The van der Waals surface area contributed by atoms with Crippen molar-refractivity contribution in [1.29, 1.82) is 0 Å². The lowest BCUT2D eigenvalue weighted by Crippen LogP contribution is -2.27. The Kier molecular flexibility index (Phi) is 3.35. The molecule has 0 radical (unpaired) electrons. The van der Waals surface area contributed by atoms with Crippen LogP contribution in [-0.2, 0) is 16.6 Å². The molecule has 6 nitrogen and oxygen atoms in total. The number of aromatic nitrogens is 2. The lowest BCUT2D eigenvalue weighted by molar-refractivity contribution is 0.510. The van der Waals surface area contributed by atoms with Gasteiger partial charge in [0.05, 0.1) is 29.9 Å². The fraction of sp³-hybridized carbons (Fsp3) is 0.625. The largest absolute Gasteiger partial charge is 0.396 e. The molecule has 0 aliphatic rings. The summed E-state index contributed by atoms with van der Waals surface area (Å²) in [5, 5.41) is 3.99. The molecule has 0 aliphatic carbocycles.